The smallest absolute Gasteiger partial charge is 0.383 e. The van der Waals surface area contributed by atoms with Crippen molar-refractivity contribution >= 4 is 25.9 Å². The Labute approximate surface area is 205 Å². The van der Waals surface area contributed by atoms with Crippen molar-refractivity contribution in [3.8, 4) is 0 Å². The Morgan fingerprint density at radius 3 is 1.09 bits per heavy atom. The Morgan fingerprint density at radius 2 is 0.824 bits per heavy atom. The molecule has 6 nitrogen and oxygen atoms in total. The first-order valence-corrected chi connectivity index (χ1v) is 12.1. The standard InChI is InChI=1S/C26H38B2N2O4/c1-19-13-11-15-21(17-19)29(27-31-23(3,4)24(5,6)32-27)30(22-16-12-14-20(2)18-22)28-33-25(7,8)26(9,10)34-28/h11-18H,1-10H3. The quantitative estimate of drug-likeness (QED) is 0.418. The van der Waals surface area contributed by atoms with Crippen LogP contribution in [0.4, 0.5) is 11.4 Å². The molecule has 34 heavy (non-hydrogen) atoms. The van der Waals surface area contributed by atoms with Crippen LogP contribution in [0.2, 0.25) is 0 Å². The average molecular weight is 464 g/mol. The minimum Gasteiger partial charge on any atom is -0.383 e. The summed E-state index contributed by atoms with van der Waals surface area (Å²) in [4.78, 5) is 4.06. The van der Waals surface area contributed by atoms with Crippen LogP contribution in [-0.4, -0.2) is 36.9 Å². The van der Waals surface area contributed by atoms with Crippen molar-refractivity contribution in [1.29, 1.82) is 0 Å². The Kier molecular flexibility index (Phi) is 6.13. The molecule has 2 aromatic carbocycles. The molecule has 2 aliphatic heterocycles. The fourth-order valence-corrected chi connectivity index (χ4v) is 4.06. The van der Waals surface area contributed by atoms with Crippen LogP contribution in [0.25, 0.3) is 0 Å². The molecule has 2 fully saturated rings. The SMILES string of the molecule is Cc1cccc(N(B2OC(C)(C)C(C)(C)O2)N(B2OC(C)(C)C(C)(C)O2)c2cccc(C)c2)c1. The fraction of sp³-hybridized carbons (Fsp3) is 0.538. The lowest BCUT2D eigenvalue weighted by Crippen LogP contribution is -2.61. The van der Waals surface area contributed by atoms with E-state index in [1.165, 1.54) is 0 Å². The zero-order valence-corrected chi connectivity index (χ0v) is 22.3. The molecule has 0 saturated carbocycles. The number of aryl methyl sites for hydroxylation is 2. The topological polar surface area (TPSA) is 43.4 Å². The molecule has 182 valence electrons. The van der Waals surface area contributed by atoms with Crippen LogP contribution in [0.15, 0.2) is 48.5 Å². The van der Waals surface area contributed by atoms with Gasteiger partial charge in [0.2, 0.25) is 0 Å². The van der Waals surface area contributed by atoms with E-state index < -0.39 is 36.9 Å². The van der Waals surface area contributed by atoms with E-state index in [4.69, 9.17) is 18.6 Å². The maximum Gasteiger partial charge on any atom is 0.613 e. The Hall–Kier alpha value is -1.99. The van der Waals surface area contributed by atoms with Crippen molar-refractivity contribution in [1.82, 2.24) is 0 Å². The first-order valence-electron chi connectivity index (χ1n) is 12.1. The summed E-state index contributed by atoms with van der Waals surface area (Å²) < 4.78 is 26.3. The third kappa shape index (κ3) is 4.37. The summed E-state index contributed by atoms with van der Waals surface area (Å²) in [5.41, 5.74) is 2.10. The Bertz CT molecular complexity index is 941. The highest BCUT2D eigenvalue weighted by atomic mass is 16.7. The molecule has 0 spiro atoms. The van der Waals surface area contributed by atoms with Gasteiger partial charge in [0.25, 0.3) is 0 Å². The Balaban J connectivity index is 1.89. The number of hydrazine groups is 1. The lowest BCUT2D eigenvalue weighted by atomic mass is 9.90. The maximum atomic E-state index is 6.57. The van der Waals surface area contributed by atoms with E-state index in [2.05, 4.69) is 106 Å². The van der Waals surface area contributed by atoms with Crippen LogP contribution in [0, 0.1) is 13.8 Å². The van der Waals surface area contributed by atoms with Crippen molar-refractivity contribution in [3.63, 3.8) is 0 Å². The molecule has 0 radical (unpaired) electrons. The van der Waals surface area contributed by atoms with E-state index in [1.54, 1.807) is 0 Å². The molecule has 0 aliphatic carbocycles. The number of hydrogen-bond acceptors (Lipinski definition) is 6. The maximum absolute atomic E-state index is 6.57. The van der Waals surface area contributed by atoms with E-state index in [9.17, 15) is 0 Å². The van der Waals surface area contributed by atoms with Crippen molar-refractivity contribution in [3.05, 3.63) is 59.7 Å². The summed E-state index contributed by atoms with van der Waals surface area (Å²) in [5.74, 6) is 0. The van der Waals surface area contributed by atoms with Gasteiger partial charge in [-0.3, -0.25) is 9.84 Å². The molecule has 2 heterocycles. The van der Waals surface area contributed by atoms with Gasteiger partial charge in [-0.05, 0) is 105 Å². The summed E-state index contributed by atoms with van der Waals surface area (Å²) in [6.45, 7) is 20.7. The molecule has 0 aromatic heterocycles. The molecule has 4 rings (SSSR count). The van der Waals surface area contributed by atoms with Crippen molar-refractivity contribution < 1.29 is 18.6 Å². The van der Waals surface area contributed by atoms with Crippen LogP contribution >= 0.6 is 0 Å². The molecule has 0 amide bonds. The van der Waals surface area contributed by atoms with E-state index in [-0.39, 0.29) is 0 Å². The largest absolute Gasteiger partial charge is 0.613 e. The average Bonchev–Trinajstić information content (AvgIpc) is 3.04. The molecule has 0 atom stereocenters. The Morgan fingerprint density at radius 1 is 0.529 bits per heavy atom. The second-order valence-electron chi connectivity index (χ2n) is 11.5. The summed E-state index contributed by atoms with van der Waals surface area (Å²) >= 11 is 0. The second kappa shape index (κ2) is 8.30. The predicted molar refractivity (Wildman–Crippen MR) is 139 cm³/mol. The van der Waals surface area contributed by atoms with Crippen LogP contribution in [0.3, 0.4) is 0 Å². The van der Waals surface area contributed by atoms with Gasteiger partial charge in [0.1, 0.15) is 0 Å². The van der Waals surface area contributed by atoms with Crippen molar-refractivity contribution in [2.75, 3.05) is 9.84 Å². The van der Waals surface area contributed by atoms with Gasteiger partial charge in [-0.15, -0.1) is 0 Å². The van der Waals surface area contributed by atoms with Crippen LogP contribution in [0.1, 0.15) is 66.5 Å². The lowest BCUT2D eigenvalue weighted by Gasteiger charge is -2.40. The molecule has 2 aliphatic rings. The summed E-state index contributed by atoms with van der Waals surface area (Å²) in [5, 5.41) is 0. The van der Waals surface area contributed by atoms with Crippen LogP contribution in [0.5, 0.6) is 0 Å². The summed E-state index contributed by atoms with van der Waals surface area (Å²) in [7, 11) is -1.38. The normalized spacial score (nSPS) is 22.2. The number of nitrogens with zero attached hydrogens (tertiary/aromatic N) is 2. The van der Waals surface area contributed by atoms with Gasteiger partial charge in [-0.2, -0.15) is 0 Å². The van der Waals surface area contributed by atoms with Crippen molar-refractivity contribution in [2.24, 2.45) is 0 Å². The first kappa shape index (κ1) is 25.1. The molecule has 0 unspecified atom stereocenters. The molecular weight excluding hydrogens is 426 g/mol. The van der Waals surface area contributed by atoms with E-state index in [0.29, 0.717) is 0 Å². The number of benzene rings is 2. The number of anilines is 2. The third-order valence-electron chi connectivity index (χ3n) is 7.65. The second-order valence-corrected chi connectivity index (χ2v) is 11.5. The van der Waals surface area contributed by atoms with Gasteiger partial charge in [0.05, 0.1) is 22.4 Å². The van der Waals surface area contributed by atoms with Gasteiger partial charge in [-0.25, -0.2) is 0 Å². The van der Waals surface area contributed by atoms with E-state index >= 15 is 0 Å². The molecular formula is C26H38B2N2O4. The number of hydrogen-bond donors (Lipinski definition) is 0. The zero-order valence-electron chi connectivity index (χ0n) is 22.3. The van der Waals surface area contributed by atoms with Gasteiger partial charge < -0.3 is 18.6 Å². The highest BCUT2D eigenvalue weighted by Crippen LogP contribution is 2.43. The number of rotatable bonds is 5. The first-order chi connectivity index (χ1) is 15.6. The zero-order chi connectivity index (χ0) is 25.1. The summed E-state index contributed by atoms with van der Waals surface area (Å²) in [6.07, 6.45) is 0. The van der Waals surface area contributed by atoms with Crippen LogP contribution in [-0.2, 0) is 18.6 Å². The fourth-order valence-electron chi connectivity index (χ4n) is 4.06. The highest BCUT2D eigenvalue weighted by Gasteiger charge is 2.60. The van der Waals surface area contributed by atoms with Crippen LogP contribution < -0.4 is 9.84 Å². The molecule has 2 aromatic rings. The molecule has 8 heteroatoms. The third-order valence-corrected chi connectivity index (χ3v) is 7.65. The lowest BCUT2D eigenvalue weighted by molar-refractivity contribution is 0.00578. The predicted octanol–water partition coefficient (Wildman–Crippen LogP) is 5.71. The molecule has 2 saturated heterocycles. The van der Waals surface area contributed by atoms with Gasteiger partial charge in [0.15, 0.2) is 0 Å². The van der Waals surface area contributed by atoms with E-state index in [1.807, 2.05) is 22.0 Å². The molecule has 0 N–H and O–H groups in total. The van der Waals surface area contributed by atoms with Gasteiger partial charge in [0, 0.05) is 11.4 Å². The monoisotopic (exact) mass is 464 g/mol. The van der Waals surface area contributed by atoms with E-state index in [0.717, 1.165) is 22.5 Å². The van der Waals surface area contributed by atoms with Crippen molar-refractivity contribution in [2.45, 2.75) is 91.6 Å². The highest BCUT2D eigenvalue weighted by molar-refractivity contribution is 6.59. The summed E-state index contributed by atoms with van der Waals surface area (Å²) in [6, 6.07) is 16.6. The minimum absolute atomic E-state index is 0.506. The van der Waals surface area contributed by atoms with Gasteiger partial charge in [-0.1, -0.05) is 24.3 Å². The molecule has 0 bridgehead atoms. The van der Waals surface area contributed by atoms with Gasteiger partial charge >= 0.3 is 14.5 Å². The minimum atomic E-state index is -0.689.